The maximum absolute atomic E-state index is 12.7. The molecule has 0 atom stereocenters. The van der Waals surface area contributed by atoms with Crippen LogP contribution in [0.25, 0.3) is 0 Å². The SMILES string of the molecule is CC(C)(C)c1ccc(C(=O)Nc2cccc(Cc3n[nH]c(=O)c4c3CCCC4)c2)cc1. The highest BCUT2D eigenvalue weighted by atomic mass is 16.1. The van der Waals surface area contributed by atoms with Crippen LogP contribution in [0.1, 0.15) is 71.9 Å². The van der Waals surface area contributed by atoms with Crippen LogP contribution in [0.4, 0.5) is 5.69 Å². The van der Waals surface area contributed by atoms with Crippen molar-refractivity contribution in [3.05, 3.63) is 92.4 Å². The van der Waals surface area contributed by atoms with Gasteiger partial charge >= 0.3 is 0 Å². The molecule has 0 bridgehead atoms. The number of fused-ring (bicyclic) bond motifs is 1. The Balaban J connectivity index is 1.50. The zero-order valence-corrected chi connectivity index (χ0v) is 18.4. The number of H-pyrrole nitrogens is 1. The third-order valence-electron chi connectivity index (χ3n) is 5.95. The first-order valence-corrected chi connectivity index (χ1v) is 10.9. The van der Waals surface area contributed by atoms with Crippen molar-refractivity contribution in [3.63, 3.8) is 0 Å². The van der Waals surface area contributed by atoms with Crippen LogP contribution in [0.3, 0.4) is 0 Å². The van der Waals surface area contributed by atoms with Crippen LogP contribution in [-0.4, -0.2) is 16.1 Å². The highest BCUT2D eigenvalue weighted by Crippen LogP contribution is 2.24. The molecule has 1 aliphatic carbocycles. The molecule has 1 aliphatic rings. The van der Waals surface area contributed by atoms with E-state index in [9.17, 15) is 9.59 Å². The Kier molecular flexibility index (Phi) is 5.77. The lowest BCUT2D eigenvalue weighted by atomic mass is 9.87. The quantitative estimate of drug-likeness (QED) is 0.643. The molecule has 5 nitrogen and oxygen atoms in total. The van der Waals surface area contributed by atoms with Gasteiger partial charge in [0.15, 0.2) is 0 Å². The average molecular weight is 416 g/mol. The summed E-state index contributed by atoms with van der Waals surface area (Å²) in [6, 6.07) is 15.6. The van der Waals surface area contributed by atoms with Gasteiger partial charge in [-0.1, -0.05) is 45.0 Å². The van der Waals surface area contributed by atoms with Gasteiger partial charge in [0.05, 0.1) is 5.69 Å². The minimum absolute atomic E-state index is 0.0539. The molecule has 2 N–H and O–H groups in total. The molecule has 0 fully saturated rings. The van der Waals surface area contributed by atoms with Crippen molar-refractivity contribution < 1.29 is 4.79 Å². The smallest absolute Gasteiger partial charge is 0.267 e. The number of hydrogen-bond donors (Lipinski definition) is 2. The van der Waals surface area contributed by atoms with Gasteiger partial charge in [-0.3, -0.25) is 9.59 Å². The number of aromatic amines is 1. The molecule has 31 heavy (non-hydrogen) atoms. The Morgan fingerprint density at radius 1 is 1.03 bits per heavy atom. The lowest BCUT2D eigenvalue weighted by molar-refractivity contribution is 0.102. The van der Waals surface area contributed by atoms with Gasteiger partial charge in [-0.25, -0.2) is 5.10 Å². The maximum atomic E-state index is 12.7. The van der Waals surface area contributed by atoms with E-state index in [1.807, 2.05) is 48.5 Å². The Hall–Kier alpha value is -3.21. The summed E-state index contributed by atoms with van der Waals surface area (Å²) >= 11 is 0. The molecule has 0 spiro atoms. The summed E-state index contributed by atoms with van der Waals surface area (Å²) < 4.78 is 0. The Morgan fingerprint density at radius 3 is 2.45 bits per heavy atom. The molecule has 160 valence electrons. The summed E-state index contributed by atoms with van der Waals surface area (Å²) in [5.41, 5.74) is 6.54. The Labute approximate surface area is 182 Å². The van der Waals surface area contributed by atoms with Crippen molar-refractivity contribution in [1.29, 1.82) is 0 Å². The molecule has 0 saturated heterocycles. The third-order valence-corrected chi connectivity index (χ3v) is 5.95. The molecule has 0 aliphatic heterocycles. The second-order valence-corrected chi connectivity index (χ2v) is 9.32. The number of rotatable bonds is 4. The fourth-order valence-corrected chi connectivity index (χ4v) is 4.15. The topological polar surface area (TPSA) is 74.8 Å². The van der Waals surface area contributed by atoms with Gasteiger partial charge in [0, 0.05) is 23.2 Å². The van der Waals surface area contributed by atoms with Crippen molar-refractivity contribution in [2.45, 2.75) is 58.3 Å². The second-order valence-electron chi connectivity index (χ2n) is 9.32. The van der Waals surface area contributed by atoms with Crippen LogP contribution < -0.4 is 10.9 Å². The van der Waals surface area contributed by atoms with Gasteiger partial charge in [-0.05, 0) is 72.1 Å². The van der Waals surface area contributed by atoms with E-state index in [2.05, 4.69) is 36.3 Å². The number of carbonyl (C=O) groups is 1. The largest absolute Gasteiger partial charge is 0.322 e. The standard InChI is InChI=1S/C26H29N3O2/c1-26(2,3)19-13-11-18(12-14-19)24(30)27-20-8-6-7-17(15-20)16-23-21-9-4-5-10-22(21)25(31)29-28-23/h6-8,11-15H,4-5,9-10,16H2,1-3H3,(H,27,30)(H,29,31). The number of hydrogen-bond acceptors (Lipinski definition) is 3. The zero-order chi connectivity index (χ0) is 22.0. The molecule has 2 aromatic carbocycles. The maximum Gasteiger partial charge on any atom is 0.267 e. The summed E-state index contributed by atoms with van der Waals surface area (Å²) in [7, 11) is 0. The van der Waals surface area contributed by atoms with Crippen molar-refractivity contribution in [1.82, 2.24) is 10.2 Å². The number of aromatic nitrogens is 2. The van der Waals surface area contributed by atoms with Crippen LogP contribution in [0, 0.1) is 0 Å². The summed E-state index contributed by atoms with van der Waals surface area (Å²) in [5, 5.41) is 9.98. The Bertz CT molecular complexity index is 1150. The average Bonchev–Trinajstić information content (AvgIpc) is 2.76. The summed E-state index contributed by atoms with van der Waals surface area (Å²) in [4.78, 5) is 24.8. The van der Waals surface area contributed by atoms with E-state index in [0.29, 0.717) is 12.0 Å². The lowest BCUT2D eigenvalue weighted by Crippen LogP contribution is -2.23. The van der Waals surface area contributed by atoms with Gasteiger partial charge < -0.3 is 5.32 Å². The van der Waals surface area contributed by atoms with Crippen LogP contribution >= 0.6 is 0 Å². The number of nitrogens with zero attached hydrogens (tertiary/aromatic N) is 1. The van der Waals surface area contributed by atoms with E-state index in [4.69, 9.17) is 0 Å². The molecular weight excluding hydrogens is 386 g/mol. The zero-order valence-electron chi connectivity index (χ0n) is 18.4. The lowest BCUT2D eigenvalue weighted by Gasteiger charge is -2.19. The predicted octanol–water partition coefficient (Wildman–Crippen LogP) is 4.79. The first kappa shape index (κ1) is 21.0. The molecule has 1 amide bonds. The van der Waals surface area contributed by atoms with Crippen LogP contribution in [0.15, 0.2) is 53.3 Å². The van der Waals surface area contributed by atoms with E-state index in [0.717, 1.165) is 53.8 Å². The molecule has 3 aromatic rings. The summed E-state index contributed by atoms with van der Waals surface area (Å²) in [5.74, 6) is -0.128. The van der Waals surface area contributed by atoms with Gasteiger partial charge in [-0.2, -0.15) is 5.10 Å². The van der Waals surface area contributed by atoms with Gasteiger partial charge in [0.2, 0.25) is 0 Å². The monoisotopic (exact) mass is 415 g/mol. The predicted molar refractivity (Wildman–Crippen MR) is 124 cm³/mol. The first-order chi connectivity index (χ1) is 14.8. The first-order valence-electron chi connectivity index (χ1n) is 10.9. The number of carbonyl (C=O) groups excluding carboxylic acids is 1. The molecule has 1 heterocycles. The second kappa shape index (κ2) is 8.50. The molecule has 0 radical (unpaired) electrons. The number of benzene rings is 2. The van der Waals surface area contributed by atoms with E-state index in [-0.39, 0.29) is 16.9 Å². The molecule has 0 saturated carbocycles. The minimum atomic E-state index is -0.128. The number of nitrogens with one attached hydrogen (secondary N) is 2. The van der Waals surface area contributed by atoms with Gasteiger partial charge in [0.1, 0.15) is 0 Å². The van der Waals surface area contributed by atoms with E-state index >= 15 is 0 Å². The van der Waals surface area contributed by atoms with Crippen LogP contribution in [0.5, 0.6) is 0 Å². The minimum Gasteiger partial charge on any atom is -0.322 e. The summed E-state index contributed by atoms with van der Waals surface area (Å²) in [6.45, 7) is 6.46. The molecular formula is C26H29N3O2. The van der Waals surface area contributed by atoms with Gasteiger partial charge in [-0.15, -0.1) is 0 Å². The van der Waals surface area contributed by atoms with Crippen molar-refractivity contribution in [2.24, 2.45) is 0 Å². The van der Waals surface area contributed by atoms with Crippen LogP contribution in [0.2, 0.25) is 0 Å². The number of anilines is 1. The fraction of sp³-hybridized carbons (Fsp3) is 0.346. The van der Waals surface area contributed by atoms with Crippen molar-refractivity contribution in [3.8, 4) is 0 Å². The molecule has 4 rings (SSSR count). The Morgan fingerprint density at radius 2 is 1.74 bits per heavy atom. The van der Waals surface area contributed by atoms with Crippen LogP contribution in [-0.2, 0) is 24.7 Å². The normalized spacial score (nSPS) is 13.5. The van der Waals surface area contributed by atoms with Crippen molar-refractivity contribution >= 4 is 11.6 Å². The highest BCUT2D eigenvalue weighted by Gasteiger charge is 2.18. The molecule has 0 unspecified atom stereocenters. The molecule has 5 heteroatoms. The van der Waals surface area contributed by atoms with E-state index in [1.54, 1.807) is 0 Å². The number of amides is 1. The molecule has 1 aromatic heterocycles. The third kappa shape index (κ3) is 4.76. The highest BCUT2D eigenvalue weighted by molar-refractivity contribution is 6.04. The summed E-state index contributed by atoms with van der Waals surface area (Å²) in [6.07, 6.45) is 4.50. The fourth-order valence-electron chi connectivity index (χ4n) is 4.15. The van der Waals surface area contributed by atoms with E-state index < -0.39 is 0 Å². The van der Waals surface area contributed by atoms with E-state index in [1.165, 1.54) is 5.56 Å². The van der Waals surface area contributed by atoms with Crippen molar-refractivity contribution in [2.75, 3.05) is 5.32 Å². The van der Waals surface area contributed by atoms with Gasteiger partial charge in [0.25, 0.3) is 11.5 Å².